The van der Waals surface area contributed by atoms with Crippen LogP contribution in [-0.2, 0) is 12.4 Å². The molecule has 0 saturated carbocycles. The lowest BCUT2D eigenvalue weighted by atomic mass is 9.93. The summed E-state index contributed by atoms with van der Waals surface area (Å²) in [4.78, 5) is 29.9. The normalized spacial score (nSPS) is 17.0. The Kier molecular flexibility index (Phi) is 8.79. The SMILES string of the molecule is COc1ccc(NC(=O)N2C[C@@H](N(C)C(=O)N(C)c3cc(C(F)(F)F)cc(C(F)(F)F)c3)[C@H](c3ccc(F)cc3)C2)cc1. The molecule has 0 aromatic heterocycles. The molecule has 1 aliphatic heterocycles. The first-order chi connectivity index (χ1) is 20.1. The van der Waals surface area contributed by atoms with E-state index in [0.717, 1.165) is 11.9 Å². The number of amides is 4. The van der Waals surface area contributed by atoms with Crippen molar-refractivity contribution in [2.75, 3.05) is 44.5 Å². The van der Waals surface area contributed by atoms with Crippen LogP contribution in [-0.4, -0.2) is 62.2 Å². The van der Waals surface area contributed by atoms with Gasteiger partial charge in [0, 0.05) is 44.5 Å². The van der Waals surface area contributed by atoms with E-state index >= 15 is 0 Å². The quantitative estimate of drug-likeness (QED) is 0.314. The zero-order valence-corrected chi connectivity index (χ0v) is 23.1. The molecular formula is C29H27F7N4O3. The molecule has 1 saturated heterocycles. The molecule has 1 aliphatic rings. The van der Waals surface area contributed by atoms with Crippen molar-refractivity contribution >= 4 is 23.4 Å². The predicted octanol–water partition coefficient (Wildman–Crippen LogP) is 7.06. The maximum Gasteiger partial charge on any atom is 0.416 e. The number of methoxy groups -OCH3 is 1. The van der Waals surface area contributed by atoms with Crippen molar-refractivity contribution < 1.29 is 45.1 Å². The number of likely N-dealkylation sites (N-methyl/N-ethyl adjacent to an activating group) is 1. The molecule has 0 radical (unpaired) electrons. The second kappa shape index (κ2) is 12.0. The summed E-state index contributed by atoms with van der Waals surface area (Å²) >= 11 is 0. The van der Waals surface area contributed by atoms with Gasteiger partial charge in [0.2, 0.25) is 0 Å². The van der Waals surface area contributed by atoms with Gasteiger partial charge >= 0.3 is 24.4 Å². The van der Waals surface area contributed by atoms with Crippen molar-refractivity contribution in [1.29, 1.82) is 0 Å². The number of anilines is 2. The van der Waals surface area contributed by atoms with Gasteiger partial charge in [-0.25, -0.2) is 14.0 Å². The van der Waals surface area contributed by atoms with Crippen LogP contribution in [0.5, 0.6) is 5.75 Å². The molecule has 2 atom stereocenters. The van der Waals surface area contributed by atoms with Crippen LogP contribution in [0.1, 0.15) is 22.6 Å². The third-order valence-electron chi connectivity index (χ3n) is 7.26. The van der Waals surface area contributed by atoms with E-state index in [4.69, 9.17) is 4.74 Å². The summed E-state index contributed by atoms with van der Waals surface area (Å²) in [5, 5.41) is 2.74. The first-order valence-electron chi connectivity index (χ1n) is 12.8. The zero-order chi connectivity index (χ0) is 31.7. The minimum atomic E-state index is -5.09. The fourth-order valence-electron chi connectivity index (χ4n) is 4.88. The number of hydrogen-bond donors (Lipinski definition) is 1. The van der Waals surface area contributed by atoms with E-state index in [2.05, 4.69) is 5.32 Å². The molecule has 0 spiro atoms. The van der Waals surface area contributed by atoms with Crippen molar-refractivity contribution in [3.8, 4) is 5.75 Å². The molecule has 14 heteroatoms. The molecular weight excluding hydrogens is 585 g/mol. The fraction of sp³-hybridized carbons (Fsp3) is 0.310. The van der Waals surface area contributed by atoms with Crippen LogP contribution >= 0.6 is 0 Å². The molecule has 1 heterocycles. The van der Waals surface area contributed by atoms with Crippen LogP contribution in [0, 0.1) is 5.82 Å². The Labute approximate surface area is 242 Å². The maximum absolute atomic E-state index is 13.7. The highest BCUT2D eigenvalue weighted by Crippen LogP contribution is 2.39. The van der Waals surface area contributed by atoms with Crippen molar-refractivity contribution in [1.82, 2.24) is 9.80 Å². The van der Waals surface area contributed by atoms with Gasteiger partial charge in [0.25, 0.3) is 0 Å². The first kappa shape index (κ1) is 31.4. The molecule has 4 amide bonds. The summed E-state index contributed by atoms with van der Waals surface area (Å²) in [6.45, 7) is 0.0535. The second-order valence-electron chi connectivity index (χ2n) is 10.0. The Bertz CT molecular complexity index is 1430. The summed E-state index contributed by atoms with van der Waals surface area (Å²) in [6.07, 6.45) is -10.2. The number of likely N-dealkylation sites (tertiary alicyclic amines) is 1. The summed E-state index contributed by atoms with van der Waals surface area (Å²) < 4.78 is 99.3. The second-order valence-corrected chi connectivity index (χ2v) is 10.0. The molecule has 0 bridgehead atoms. The number of carbonyl (C=O) groups excluding carboxylic acids is 2. The Morgan fingerprint density at radius 3 is 1.93 bits per heavy atom. The minimum absolute atomic E-state index is 0.0215. The van der Waals surface area contributed by atoms with Gasteiger partial charge in [0.15, 0.2) is 0 Å². The number of halogens is 7. The number of benzene rings is 3. The van der Waals surface area contributed by atoms with Crippen LogP contribution in [0.15, 0.2) is 66.7 Å². The van der Waals surface area contributed by atoms with Crippen LogP contribution < -0.4 is 15.0 Å². The first-order valence-corrected chi connectivity index (χ1v) is 12.8. The maximum atomic E-state index is 13.7. The van der Waals surface area contributed by atoms with E-state index < -0.39 is 59.0 Å². The molecule has 3 aromatic rings. The number of ether oxygens (including phenoxy) is 1. The number of urea groups is 2. The van der Waals surface area contributed by atoms with E-state index in [-0.39, 0.29) is 19.2 Å². The van der Waals surface area contributed by atoms with Crippen LogP contribution in [0.25, 0.3) is 0 Å². The van der Waals surface area contributed by atoms with Gasteiger partial charge in [-0.15, -0.1) is 0 Å². The molecule has 1 fully saturated rings. The van der Waals surface area contributed by atoms with E-state index in [9.17, 15) is 40.3 Å². The van der Waals surface area contributed by atoms with Gasteiger partial charge < -0.3 is 19.9 Å². The largest absolute Gasteiger partial charge is 0.497 e. The number of hydrogen-bond acceptors (Lipinski definition) is 3. The van der Waals surface area contributed by atoms with Crippen LogP contribution in [0.2, 0.25) is 0 Å². The Hall–Kier alpha value is -4.49. The molecule has 230 valence electrons. The molecule has 4 rings (SSSR count). The van der Waals surface area contributed by atoms with E-state index in [0.29, 0.717) is 34.0 Å². The monoisotopic (exact) mass is 612 g/mol. The lowest BCUT2D eigenvalue weighted by Gasteiger charge is -2.33. The number of alkyl halides is 6. The van der Waals surface area contributed by atoms with Gasteiger partial charge in [-0.3, -0.25) is 4.90 Å². The Morgan fingerprint density at radius 2 is 1.42 bits per heavy atom. The van der Waals surface area contributed by atoms with Gasteiger partial charge in [-0.2, -0.15) is 26.3 Å². The fourth-order valence-corrected chi connectivity index (χ4v) is 4.88. The predicted molar refractivity (Wildman–Crippen MR) is 145 cm³/mol. The summed E-state index contributed by atoms with van der Waals surface area (Å²) in [6, 6.07) is 10.6. The lowest BCUT2D eigenvalue weighted by Crippen LogP contribution is -2.48. The highest BCUT2D eigenvalue weighted by molar-refractivity contribution is 5.92. The summed E-state index contributed by atoms with van der Waals surface area (Å²) in [5.41, 5.74) is -2.71. The van der Waals surface area contributed by atoms with E-state index in [1.165, 1.54) is 43.3 Å². The molecule has 43 heavy (non-hydrogen) atoms. The highest BCUT2D eigenvalue weighted by Gasteiger charge is 2.42. The number of carbonyl (C=O) groups is 2. The minimum Gasteiger partial charge on any atom is -0.497 e. The van der Waals surface area contributed by atoms with E-state index in [1.807, 2.05) is 0 Å². The molecule has 0 unspecified atom stereocenters. The standard InChI is InChI=1S/C29H27F7N4O3/c1-38(22-13-18(28(31,32)33)12-19(14-22)29(34,35)36)27(42)39(2)25-16-40(15-24(25)17-4-6-20(30)7-5-17)26(41)37-21-8-10-23(43-3)11-9-21/h4-14,24-25H,15-16H2,1-3H3,(H,37,41)/t24-,25+/m0/s1. The molecule has 3 aromatic carbocycles. The average molecular weight is 613 g/mol. The van der Waals surface area contributed by atoms with Crippen LogP contribution in [0.3, 0.4) is 0 Å². The number of nitrogens with zero attached hydrogens (tertiary/aromatic N) is 3. The smallest absolute Gasteiger partial charge is 0.416 e. The van der Waals surface area contributed by atoms with Crippen molar-refractivity contribution in [3.63, 3.8) is 0 Å². The number of nitrogens with one attached hydrogen (secondary N) is 1. The van der Waals surface area contributed by atoms with Crippen LogP contribution in [0.4, 0.5) is 51.7 Å². The molecule has 1 N–H and O–H groups in total. The summed E-state index contributed by atoms with van der Waals surface area (Å²) in [7, 11) is 3.89. The molecule has 0 aliphatic carbocycles. The third kappa shape index (κ3) is 7.12. The molecule has 7 nitrogen and oxygen atoms in total. The summed E-state index contributed by atoms with van der Waals surface area (Å²) in [5.74, 6) is -0.499. The van der Waals surface area contributed by atoms with Gasteiger partial charge in [-0.1, -0.05) is 12.1 Å². The zero-order valence-electron chi connectivity index (χ0n) is 23.1. The topological polar surface area (TPSA) is 65.1 Å². The lowest BCUT2D eigenvalue weighted by molar-refractivity contribution is -0.143. The average Bonchev–Trinajstić information content (AvgIpc) is 3.41. The third-order valence-corrected chi connectivity index (χ3v) is 7.26. The van der Waals surface area contributed by atoms with Crippen molar-refractivity contribution in [3.05, 3.63) is 89.2 Å². The van der Waals surface area contributed by atoms with Gasteiger partial charge in [-0.05, 0) is 60.2 Å². The van der Waals surface area contributed by atoms with Crippen molar-refractivity contribution in [2.45, 2.75) is 24.3 Å². The van der Waals surface area contributed by atoms with Gasteiger partial charge in [0.1, 0.15) is 11.6 Å². The highest BCUT2D eigenvalue weighted by atomic mass is 19.4. The van der Waals surface area contributed by atoms with Gasteiger partial charge in [0.05, 0.1) is 24.3 Å². The number of rotatable bonds is 5. The van der Waals surface area contributed by atoms with E-state index in [1.54, 1.807) is 24.3 Å². The Morgan fingerprint density at radius 1 is 0.860 bits per heavy atom. The van der Waals surface area contributed by atoms with Crippen molar-refractivity contribution in [2.24, 2.45) is 0 Å². The Balaban J connectivity index is 1.62.